The van der Waals surface area contributed by atoms with Gasteiger partial charge in [-0.3, -0.25) is 0 Å². The van der Waals surface area contributed by atoms with Crippen LogP contribution in [0.15, 0.2) is 18.2 Å². The van der Waals surface area contributed by atoms with E-state index in [1.54, 1.807) is 0 Å². The first-order valence-electron chi connectivity index (χ1n) is 5.98. The van der Waals surface area contributed by atoms with Crippen LogP contribution in [0.3, 0.4) is 0 Å². The van der Waals surface area contributed by atoms with Crippen LogP contribution in [0.4, 0.5) is 0 Å². The normalized spacial score (nSPS) is 22.4. The van der Waals surface area contributed by atoms with Gasteiger partial charge in [-0.1, -0.05) is 29.3 Å². The van der Waals surface area contributed by atoms with Crippen LogP contribution < -0.4 is 5.73 Å². The topological polar surface area (TPSA) is 35.2 Å². The van der Waals surface area contributed by atoms with Gasteiger partial charge >= 0.3 is 0 Å². The van der Waals surface area contributed by atoms with E-state index >= 15 is 0 Å². The van der Waals surface area contributed by atoms with Gasteiger partial charge in [0.1, 0.15) is 0 Å². The number of rotatable bonds is 3. The van der Waals surface area contributed by atoms with Crippen LogP contribution in [0.5, 0.6) is 0 Å². The van der Waals surface area contributed by atoms with Crippen molar-refractivity contribution < 1.29 is 4.74 Å². The zero-order valence-corrected chi connectivity index (χ0v) is 11.2. The predicted octanol–water partition coefficient (Wildman–Crippen LogP) is 3.43. The molecular formula is C13H17Cl2NO. The number of halogens is 2. The smallest absolute Gasteiger partial charge is 0.0729 e. The predicted molar refractivity (Wildman–Crippen MR) is 71.7 cm³/mol. The summed E-state index contributed by atoms with van der Waals surface area (Å²) in [4.78, 5) is 0. The van der Waals surface area contributed by atoms with Gasteiger partial charge in [0.25, 0.3) is 0 Å². The largest absolute Gasteiger partial charge is 0.377 e. The zero-order valence-electron chi connectivity index (χ0n) is 9.66. The summed E-state index contributed by atoms with van der Waals surface area (Å²) >= 11 is 12.3. The van der Waals surface area contributed by atoms with Gasteiger partial charge in [0.15, 0.2) is 0 Å². The van der Waals surface area contributed by atoms with Crippen molar-refractivity contribution in [2.24, 2.45) is 5.73 Å². The Morgan fingerprint density at radius 2 is 2.00 bits per heavy atom. The fourth-order valence-electron chi connectivity index (χ4n) is 2.20. The highest BCUT2D eigenvalue weighted by molar-refractivity contribution is 6.35. The Morgan fingerprint density at radius 1 is 1.29 bits per heavy atom. The van der Waals surface area contributed by atoms with Crippen molar-refractivity contribution in [3.8, 4) is 0 Å². The van der Waals surface area contributed by atoms with Crippen molar-refractivity contribution in [2.45, 2.75) is 37.8 Å². The van der Waals surface area contributed by atoms with Crippen molar-refractivity contribution in [3.63, 3.8) is 0 Å². The average molecular weight is 274 g/mol. The third-order valence-corrected chi connectivity index (χ3v) is 3.90. The molecule has 4 heteroatoms. The summed E-state index contributed by atoms with van der Waals surface area (Å²) in [5.41, 5.74) is 7.10. The highest BCUT2D eigenvalue weighted by Crippen LogP contribution is 2.27. The second-order valence-corrected chi connectivity index (χ2v) is 5.29. The van der Waals surface area contributed by atoms with E-state index in [1.807, 2.05) is 18.2 Å². The molecule has 0 saturated carbocycles. The summed E-state index contributed by atoms with van der Waals surface area (Å²) < 4.78 is 5.68. The molecule has 1 aromatic rings. The molecular weight excluding hydrogens is 257 g/mol. The highest BCUT2D eigenvalue weighted by atomic mass is 35.5. The van der Waals surface area contributed by atoms with E-state index in [9.17, 15) is 0 Å². The lowest BCUT2D eigenvalue weighted by Crippen LogP contribution is -2.40. The van der Waals surface area contributed by atoms with Crippen molar-refractivity contribution >= 4 is 23.2 Å². The Labute approximate surface area is 112 Å². The first-order valence-corrected chi connectivity index (χ1v) is 6.74. The molecule has 2 nitrogen and oxygen atoms in total. The fraction of sp³-hybridized carbons (Fsp3) is 0.538. The minimum atomic E-state index is -0.0345. The molecule has 1 saturated heterocycles. The van der Waals surface area contributed by atoms with Crippen LogP contribution in [0, 0.1) is 0 Å². The van der Waals surface area contributed by atoms with E-state index in [1.165, 1.54) is 6.42 Å². The van der Waals surface area contributed by atoms with Crippen LogP contribution in [-0.2, 0) is 11.2 Å². The molecule has 0 spiro atoms. The SMILES string of the molecule is NC(Cc1c(Cl)cccc1Cl)C1CCCCO1. The summed E-state index contributed by atoms with van der Waals surface area (Å²) in [6.45, 7) is 0.814. The maximum Gasteiger partial charge on any atom is 0.0729 e. The van der Waals surface area contributed by atoms with E-state index in [4.69, 9.17) is 33.7 Å². The van der Waals surface area contributed by atoms with Crippen LogP contribution in [0.25, 0.3) is 0 Å². The van der Waals surface area contributed by atoms with Gasteiger partial charge in [-0.15, -0.1) is 0 Å². The van der Waals surface area contributed by atoms with Crippen molar-refractivity contribution in [3.05, 3.63) is 33.8 Å². The second kappa shape index (κ2) is 6.05. The summed E-state index contributed by atoms with van der Waals surface area (Å²) in [6.07, 6.45) is 4.16. The van der Waals surface area contributed by atoms with E-state index in [0.717, 1.165) is 25.0 Å². The standard InChI is InChI=1S/C13H17Cl2NO/c14-10-4-3-5-11(15)9(10)8-12(16)13-6-1-2-7-17-13/h3-5,12-13H,1-2,6-8,16H2. The van der Waals surface area contributed by atoms with Gasteiger partial charge in [0, 0.05) is 22.7 Å². The summed E-state index contributed by atoms with van der Waals surface area (Å²) in [6, 6.07) is 5.50. The summed E-state index contributed by atoms with van der Waals surface area (Å²) in [5.74, 6) is 0. The Hall–Kier alpha value is -0.280. The third kappa shape index (κ3) is 3.35. The van der Waals surface area contributed by atoms with Crippen LogP contribution in [0.2, 0.25) is 10.0 Å². The summed E-state index contributed by atoms with van der Waals surface area (Å²) in [7, 11) is 0. The lowest BCUT2D eigenvalue weighted by molar-refractivity contribution is 0.000644. The number of hydrogen-bond acceptors (Lipinski definition) is 2. The minimum Gasteiger partial charge on any atom is -0.377 e. The lowest BCUT2D eigenvalue weighted by Gasteiger charge is -2.28. The molecule has 0 radical (unpaired) electrons. The van der Waals surface area contributed by atoms with Crippen molar-refractivity contribution in [1.82, 2.24) is 0 Å². The average Bonchev–Trinajstić information content (AvgIpc) is 2.35. The number of hydrogen-bond donors (Lipinski definition) is 1. The molecule has 0 amide bonds. The molecule has 1 fully saturated rings. The molecule has 2 atom stereocenters. The minimum absolute atomic E-state index is 0.0345. The van der Waals surface area contributed by atoms with Gasteiger partial charge in [-0.05, 0) is 43.4 Å². The van der Waals surface area contributed by atoms with Gasteiger partial charge < -0.3 is 10.5 Å². The molecule has 1 aliphatic heterocycles. The lowest BCUT2D eigenvalue weighted by atomic mass is 9.97. The first-order chi connectivity index (χ1) is 8.18. The molecule has 17 heavy (non-hydrogen) atoms. The monoisotopic (exact) mass is 273 g/mol. The van der Waals surface area contributed by atoms with Crippen LogP contribution in [0.1, 0.15) is 24.8 Å². The molecule has 2 unspecified atom stereocenters. The molecule has 1 heterocycles. The van der Waals surface area contributed by atoms with Gasteiger partial charge in [-0.25, -0.2) is 0 Å². The van der Waals surface area contributed by atoms with E-state index < -0.39 is 0 Å². The molecule has 2 rings (SSSR count). The van der Waals surface area contributed by atoms with Gasteiger partial charge in [0.2, 0.25) is 0 Å². The van der Waals surface area contributed by atoms with Crippen LogP contribution in [-0.4, -0.2) is 18.8 Å². The molecule has 2 N–H and O–H groups in total. The number of benzene rings is 1. The zero-order chi connectivity index (χ0) is 12.3. The van der Waals surface area contributed by atoms with Gasteiger partial charge in [-0.2, -0.15) is 0 Å². The fourth-order valence-corrected chi connectivity index (χ4v) is 2.75. The van der Waals surface area contributed by atoms with Crippen molar-refractivity contribution in [2.75, 3.05) is 6.61 Å². The Morgan fingerprint density at radius 3 is 2.59 bits per heavy atom. The highest BCUT2D eigenvalue weighted by Gasteiger charge is 2.22. The molecule has 0 aromatic heterocycles. The van der Waals surface area contributed by atoms with Crippen LogP contribution >= 0.6 is 23.2 Å². The second-order valence-electron chi connectivity index (χ2n) is 4.47. The Bertz CT molecular complexity index is 357. The maximum atomic E-state index is 6.18. The summed E-state index contributed by atoms with van der Waals surface area (Å²) in [5, 5.41) is 1.37. The molecule has 1 aliphatic rings. The Balaban J connectivity index is 2.04. The number of ether oxygens (including phenoxy) is 1. The maximum absolute atomic E-state index is 6.18. The van der Waals surface area contributed by atoms with Gasteiger partial charge in [0.05, 0.1) is 6.10 Å². The number of nitrogens with two attached hydrogens (primary N) is 1. The van der Waals surface area contributed by atoms with E-state index in [-0.39, 0.29) is 12.1 Å². The Kier molecular flexibility index (Phi) is 4.69. The third-order valence-electron chi connectivity index (χ3n) is 3.19. The van der Waals surface area contributed by atoms with Crippen molar-refractivity contribution in [1.29, 1.82) is 0 Å². The molecule has 1 aromatic carbocycles. The molecule has 94 valence electrons. The molecule has 0 bridgehead atoms. The quantitative estimate of drug-likeness (QED) is 0.916. The first kappa shape index (κ1) is 13.2. The van der Waals surface area contributed by atoms with E-state index in [2.05, 4.69) is 0 Å². The molecule has 0 aliphatic carbocycles. The van der Waals surface area contributed by atoms with E-state index in [0.29, 0.717) is 16.5 Å².